The van der Waals surface area contributed by atoms with Gasteiger partial charge in [0, 0.05) is 18.4 Å². The number of carbonyl (C=O) groups is 1. The van der Waals surface area contributed by atoms with Crippen LogP contribution in [0.2, 0.25) is 0 Å². The van der Waals surface area contributed by atoms with Crippen molar-refractivity contribution in [1.82, 2.24) is 15.3 Å². The number of rotatable bonds is 2. The van der Waals surface area contributed by atoms with E-state index >= 15 is 0 Å². The minimum absolute atomic E-state index is 0.159. The van der Waals surface area contributed by atoms with Gasteiger partial charge in [-0.25, -0.2) is 9.97 Å². The van der Waals surface area contributed by atoms with Crippen molar-refractivity contribution in [2.24, 2.45) is 23.7 Å². The van der Waals surface area contributed by atoms with Crippen LogP contribution in [0.4, 0.5) is 5.82 Å². The van der Waals surface area contributed by atoms with Gasteiger partial charge in [0.2, 0.25) is 0 Å². The molecule has 20 heavy (non-hydrogen) atoms. The number of hydrogen-bond acceptors (Lipinski definition) is 4. The Bertz CT molecular complexity index is 516. The Morgan fingerprint density at radius 2 is 1.65 bits per heavy atom. The molecule has 0 radical (unpaired) electrons. The van der Waals surface area contributed by atoms with Gasteiger partial charge in [-0.05, 0) is 55.8 Å². The van der Waals surface area contributed by atoms with E-state index in [1.54, 1.807) is 0 Å². The van der Waals surface area contributed by atoms with E-state index in [2.05, 4.69) is 15.3 Å². The quantitative estimate of drug-likeness (QED) is 0.857. The van der Waals surface area contributed by atoms with Crippen molar-refractivity contribution in [2.75, 3.05) is 5.73 Å². The van der Waals surface area contributed by atoms with Crippen molar-refractivity contribution in [1.29, 1.82) is 0 Å². The summed E-state index contributed by atoms with van der Waals surface area (Å²) in [6, 6.07) is 0.316. The van der Waals surface area contributed by atoms with Crippen molar-refractivity contribution < 1.29 is 4.79 Å². The molecule has 0 aromatic carbocycles. The number of carbonyl (C=O) groups excluding carboxylic acids is 1. The van der Waals surface area contributed by atoms with Gasteiger partial charge in [-0.1, -0.05) is 0 Å². The van der Waals surface area contributed by atoms with Crippen molar-refractivity contribution in [2.45, 2.75) is 38.1 Å². The third-order valence-corrected chi connectivity index (χ3v) is 5.47. The molecule has 5 rings (SSSR count). The van der Waals surface area contributed by atoms with Gasteiger partial charge in [0.1, 0.15) is 0 Å². The minimum Gasteiger partial charge on any atom is -0.382 e. The number of anilines is 1. The fourth-order valence-corrected chi connectivity index (χ4v) is 4.90. The lowest BCUT2D eigenvalue weighted by Gasteiger charge is -2.54. The van der Waals surface area contributed by atoms with Gasteiger partial charge >= 0.3 is 0 Å². The standard InChI is InChI=1S/C15H20N4O/c16-14-13(17-1-2-18-14)15(20)19-12-10-4-8-3-9(6-10)7-11(12)5-8/h1-2,8-12H,3-7H2,(H2,16,18)(H,19,20). The van der Waals surface area contributed by atoms with Crippen molar-refractivity contribution in [3.05, 3.63) is 18.1 Å². The molecule has 0 spiro atoms. The van der Waals surface area contributed by atoms with Gasteiger partial charge in [-0.15, -0.1) is 0 Å². The highest BCUT2D eigenvalue weighted by molar-refractivity contribution is 5.96. The third kappa shape index (κ3) is 1.87. The van der Waals surface area contributed by atoms with E-state index in [9.17, 15) is 4.79 Å². The van der Waals surface area contributed by atoms with Crippen LogP contribution in [0.25, 0.3) is 0 Å². The van der Waals surface area contributed by atoms with Gasteiger partial charge in [0.25, 0.3) is 5.91 Å². The summed E-state index contributed by atoms with van der Waals surface area (Å²) in [5.41, 5.74) is 6.00. The second kappa shape index (κ2) is 4.43. The van der Waals surface area contributed by atoms with Gasteiger partial charge in [-0.2, -0.15) is 0 Å². The number of nitrogen functional groups attached to an aromatic ring is 1. The average molecular weight is 272 g/mol. The van der Waals surface area contributed by atoms with Gasteiger partial charge in [0.05, 0.1) is 0 Å². The third-order valence-electron chi connectivity index (χ3n) is 5.47. The van der Waals surface area contributed by atoms with Crippen LogP contribution < -0.4 is 11.1 Å². The molecule has 4 saturated carbocycles. The fourth-order valence-electron chi connectivity index (χ4n) is 4.90. The molecule has 0 aliphatic heterocycles. The Morgan fingerprint density at radius 1 is 1.05 bits per heavy atom. The predicted octanol–water partition coefficient (Wildman–Crippen LogP) is 1.61. The molecule has 106 valence electrons. The molecular weight excluding hydrogens is 252 g/mol. The van der Waals surface area contributed by atoms with E-state index in [1.807, 2.05) is 0 Å². The number of nitrogens with zero attached hydrogens (tertiary/aromatic N) is 2. The van der Waals surface area contributed by atoms with Crippen LogP contribution in [0.1, 0.15) is 42.6 Å². The van der Waals surface area contributed by atoms with Crippen LogP contribution in [0.3, 0.4) is 0 Å². The van der Waals surface area contributed by atoms with Crippen LogP contribution in [-0.4, -0.2) is 21.9 Å². The van der Waals surface area contributed by atoms with Crippen LogP contribution >= 0.6 is 0 Å². The zero-order valence-corrected chi connectivity index (χ0v) is 11.5. The van der Waals surface area contributed by atoms with E-state index in [0.717, 1.165) is 11.8 Å². The summed E-state index contributed by atoms with van der Waals surface area (Å²) in [6.45, 7) is 0. The first-order valence-electron chi connectivity index (χ1n) is 7.58. The second-order valence-electron chi connectivity index (χ2n) is 6.72. The molecule has 1 amide bonds. The lowest BCUT2D eigenvalue weighted by atomic mass is 9.54. The number of amides is 1. The molecule has 4 aliphatic rings. The molecule has 0 atom stereocenters. The normalized spacial score (nSPS) is 37.9. The molecule has 1 heterocycles. The Hall–Kier alpha value is -1.65. The van der Waals surface area contributed by atoms with Gasteiger partial charge in [-0.3, -0.25) is 4.79 Å². The first-order chi connectivity index (χ1) is 9.70. The molecule has 0 unspecified atom stereocenters. The second-order valence-corrected chi connectivity index (χ2v) is 6.72. The Labute approximate surface area is 118 Å². The topological polar surface area (TPSA) is 80.9 Å². The smallest absolute Gasteiger partial charge is 0.273 e. The van der Waals surface area contributed by atoms with E-state index in [1.165, 1.54) is 44.5 Å². The molecule has 3 N–H and O–H groups in total. The summed E-state index contributed by atoms with van der Waals surface area (Å²) >= 11 is 0. The Balaban J connectivity index is 1.52. The highest BCUT2D eigenvalue weighted by atomic mass is 16.2. The van der Waals surface area contributed by atoms with Crippen molar-refractivity contribution in [3.63, 3.8) is 0 Å². The summed E-state index contributed by atoms with van der Waals surface area (Å²) < 4.78 is 0. The molecule has 4 bridgehead atoms. The summed E-state index contributed by atoms with van der Waals surface area (Å²) in [7, 11) is 0. The molecule has 5 nitrogen and oxygen atoms in total. The maximum absolute atomic E-state index is 12.4. The molecule has 4 fully saturated rings. The first-order valence-corrected chi connectivity index (χ1v) is 7.58. The van der Waals surface area contributed by atoms with E-state index in [4.69, 9.17) is 5.73 Å². The molecule has 0 saturated heterocycles. The number of nitrogens with one attached hydrogen (secondary N) is 1. The van der Waals surface area contributed by atoms with Crippen LogP contribution in [-0.2, 0) is 0 Å². The van der Waals surface area contributed by atoms with Crippen molar-refractivity contribution >= 4 is 11.7 Å². The number of aromatic nitrogens is 2. The summed E-state index contributed by atoms with van der Waals surface area (Å²) in [4.78, 5) is 20.4. The summed E-state index contributed by atoms with van der Waals surface area (Å²) in [6.07, 6.45) is 9.59. The van der Waals surface area contributed by atoms with Crippen LogP contribution in [0, 0.1) is 23.7 Å². The predicted molar refractivity (Wildman–Crippen MR) is 74.7 cm³/mol. The molecule has 4 aliphatic carbocycles. The van der Waals surface area contributed by atoms with E-state index in [0.29, 0.717) is 17.9 Å². The van der Waals surface area contributed by atoms with Crippen LogP contribution in [0.15, 0.2) is 12.4 Å². The van der Waals surface area contributed by atoms with Gasteiger partial charge < -0.3 is 11.1 Å². The minimum atomic E-state index is -0.159. The van der Waals surface area contributed by atoms with Crippen molar-refractivity contribution in [3.8, 4) is 0 Å². The number of hydrogen-bond donors (Lipinski definition) is 2. The fraction of sp³-hybridized carbons (Fsp3) is 0.667. The lowest BCUT2D eigenvalue weighted by Crippen LogP contribution is -2.56. The number of nitrogens with two attached hydrogens (primary N) is 1. The SMILES string of the molecule is Nc1nccnc1C(=O)NC1C2CC3CC(C2)CC1C3. The Morgan fingerprint density at radius 3 is 2.25 bits per heavy atom. The monoisotopic (exact) mass is 272 g/mol. The zero-order chi connectivity index (χ0) is 13.7. The Kier molecular flexibility index (Phi) is 2.69. The first kappa shape index (κ1) is 12.1. The largest absolute Gasteiger partial charge is 0.382 e. The zero-order valence-electron chi connectivity index (χ0n) is 11.5. The molecular formula is C15H20N4O. The maximum atomic E-state index is 12.4. The lowest BCUT2D eigenvalue weighted by molar-refractivity contribution is -0.0120. The van der Waals surface area contributed by atoms with E-state index in [-0.39, 0.29) is 17.4 Å². The highest BCUT2D eigenvalue weighted by Gasteiger charge is 2.48. The summed E-state index contributed by atoms with van der Waals surface area (Å²) in [5.74, 6) is 3.20. The van der Waals surface area contributed by atoms with E-state index < -0.39 is 0 Å². The van der Waals surface area contributed by atoms with Crippen LogP contribution in [0.5, 0.6) is 0 Å². The maximum Gasteiger partial charge on any atom is 0.273 e. The molecule has 1 aromatic rings. The average Bonchev–Trinajstić information content (AvgIpc) is 2.42. The molecule has 1 aromatic heterocycles. The highest BCUT2D eigenvalue weighted by Crippen LogP contribution is 2.53. The van der Waals surface area contributed by atoms with Gasteiger partial charge in [0.15, 0.2) is 11.5 Å². The summed E-state index contributed by atoms with van der Waals surface area (Å²) in [5, 5.41) is 3.20. The molecule has 5 heteroatoms.